The number of methoxy groups -OCH3 is 1. The monoisotopic (exact) mass is 390 g/mol. The topological polar surface area (TPSA) is 43.4 Å². The first kappa shape index (κ1) is 18.5. The first-order valence-electron chi connectivity index (χ1n) is 9.15. The van der Waals surface area contributed by atoms with E-state index in [0.717, 1.165) is 26.7 Å². The molecular formula is C23H22N2O2S. The third-order valence-electron chi connectivity index (χ3n) is 4.61. The minimum Gasteiger partial charge on any atom is -0.497 e. The number of hydrogen-bond donors (Lipinski definition) is 1. The van der Waals surface area contributed by atoms with Gasteiger partial charge in [-0.3, -0.25) is 0 Å². The summed E-state index contributed by atoms with van der Waals surface area (Å²) in [7, 11) is 1.67. The molecule has 0 aliphatic rings. The minimum atomic E-state index is -0.338. The van der Waals surface area contributed by atoms with Crippen molar-refractivity contribution in [2.75, 3.05) is 12.4 Å². The third-order valence-corrected chi connectivity index (χ3v) is 5.58. The van der Waals surface area contributed by atoms with Crippen LogP contribution in [0.25, 0.3) is 10.2 Å². The van der Waals surface area contributed by atoms with Gasteiger partial charge in [0.25, 0.3) is 0 Å². The Morgan fingerprint density at radius 3 is 2.64 bits per heavy atom. The van der Waals surface area contributed by atoms with Crippen molar-refractivity contribution in [1.29, 1.82) is 0 Å². The van der Waals surface area contributed by atoms with Crippen LogP contribution in [0, 0.1) is 6.92 Å². The number of ether oxygens (including phenoxy) is 2. The maximum absolute atomic E-state index is 6.29. The molecule has 0 amide bonds. The summed E-state index contributed by atoms with van der Waals surface area (Å²) in [5.74, 6) is 0.799. The second-order valence-electron chi connectivity index (χ2n) is 6.53. The maximum atomic E-state index is 6.29. The Morgan fingerprint density at radius 2 is 1.82 bits per heavy atom. The SMILES string of the molecule is COc1cccc(C(Nc2nc3ccccc3s2)OCc2ccccc2C)c1. The Labute approximate surface area is 168 Å². The van der Waals surface area contributed by atoms with Gasteiger partial charge in [0.1, 0.15) is 5.75 Å². The van der Waals surface area contributed by atoms with Crippen LogP contribution >= 0.6 is 11.3 Å². The van der Waals surface area contributed by atoms with Gasteiger partial charge in [0, 0.05) is 5.56 Å². The highest BCUT2D eigenvalue weighted by atomic mass is 32.1. The summed E-state index contributed by atoms with van der Waals surface area (Å²) in [5, 5.41) is 4.29. The summed E-state index contributed by atoms with van der Waals surface area (Å²) in [5.41, 5.74) is 4.36. The molecule has 0 bridgehead atoms. The summed E-state index contributed by atoms with van der Waals surface area (Å²) in [6.45, 7) is 2.60. The molecule has 142 valence electrons. The first-order valence-corrected chi connectivity index (χ1v) is 9.97. The Morgan fingerprint density at radius 1 is 1.00 bits per heavy atom. The maximum Gasteiger partial charge on any atom is 0.186 e. The van der Waals surface area contributed by atoms with Gasteiger partial charge in [-0.2, -0.15) is 0 Å². The zero-order valence-corrected chi connectivity index (χ0v) is 16.7. The van der Waals surface area contributed by atoms with E-state index < -0.39 is 0 Å². The number of nitrogens with one attached hydrogen (secondary N) is 1. The third kappa shape index (κ3) is 4.16. The summed E-state index contributed by atoms with van der Waals surface area (Å²) >= 11 is 1.62. The predicted molar refractivity (Wildman–Crippen MR) is 115 cm³/mol. The number of benzene rings is 3. The molecule has 4 rings (SSSR count). The van der Waals surface area contributed by atoms with E-state index >= 15 is 0 Å². The van der Waals surface area contributed by atoms with E-state index in [1.54, 1.807) is 18.4 Å². The van der Waals surface area contributed by atoms with E-state index in [4.69, 9.17) is 9.47 Å². The van der Waals surface area contributed by atoms with Crippen LogP contribution < -0.4 is 10.1 Å². The lowest BCUT2D eigenvalue weighted by Gasteiger charge is -2.20. The van der Waals surface area contributed by atoms with Crippen LogP contribution in [0.15, 0.2) is 72.8 Å². The van der Waals surface area contributed by atoms with Gasteiger partial charge in [-0.25, -0.2) is 4.98 Å². The number of hydrogen-bond acceptors (Lipinski definition) is 5. The molecule has 0 fully saturated rings. The second kappa shape index (κ2) is 8.42. The Kier molecular flexibility index (Phi) is 5.55. The fourth-order valence-electron chi connectivity index (χ4n) is 3.02. The highest BCUT2D eigenvalue weighted by molar-refractivity contribution is 7.22. The highest BCUT2D eigenvalue weighted by Crippen LogP contribution is 2.30. The molecule has 1 unspecified atom stereocenters. The summed E-state index contributed by atoms with van der Waals surface area (Å²) < 4.78 is 12.8. The molecule has 1 N–H and O–H groups in total. The largest absolute Gasteiger partial charge is 0.497 e. The molecule has 0 saturated carbocycles. The lowest BCUT2D eigenvalue weighted by atomic mass is 10.1. The fourth-order valence-corrected chi connectivity index (χ4v) is 3.90. The van der Waals surface area contributed by atoms with E-state index in [2.05, 4.69) is 35.4 Å². The van der Waals surface area contributed by atoms with E-state index in [9.17, 15) is 0 Å². The smallest absolute Gasteiger partial charge is 0.186 e. The van der Waals surface area contributed by atoms with Crippen molar-refractivity contribution in [1.82, 2.24) is 4.98 Å². The molecule has 3 aromatic carbocycles. The summed E-state index contributed by atoms with van der Waals surface area (Å²) in [4.78, 5) is 4.69. The van der Waals surface area contributed by atoms with Crippen LogP contribution in [0.4, 0.5) is 5.13 Å². The van der Waals surface area contributed by atoms with Crippen LogP contribution in [0.3, 0.4) is 0 Å². The van der Waals surface area contributed by atoms with E-state index in [1.807, 2.05) is 54.6 Å². The molecule has 28 heavy (non-hydrogen) atoms. The summed E-state index contributed by atoms with van der Waals surface area (Å²) in [6, 6.07) is 24.3. The normalized spacial score (nSPS) is 12.1. The molecule has 0 radical (unpaired) electrons. The van der Waals surface area contributed by atoms with Crippen molar-refractivity contribution in [3.05, 3.63) is 89.5 Å². The van der Waals surface area contributed by atoms with Gasteiger partial charge < -0.3 is 14.8 Å². The quantitative estimate of drug-likeness (QED) is 0.397. The molecule has 1 aromatic heterocycles. The van der Waals surface area contributed by atoms with Crippen molar-refractivity contribution in [3.63, 3.8) is 0 Å². The van der Waals surface area contributed by atoms with Crippen molar-refractivity contribution in [2.24, 2.45) is 0 Å². The van der Waals surface area contributed by atoms with Crippen LogP contribution in [-0.4, -0.2) is 12.1 Å². The van der Waals surface area contributed by atoms with E-state index in [0.29, 0.717) is 6.61 Å². The zero-order chi connectivity index (χ0) is 19.3. The van der Waals surface area contributed by atoms with Gasteiger partial charge in [-0.1, -0.05) is 59.9 Å². The number of aromatic nitrogens is 1. The zero-order valence-electron chi connectivity index (χ0n) is 15.9. The minimum absolute atomic E-state index is 0.338. The molecule has 0 spiro atoms. The molecule has 1 heterocycles. The van der Waals surface area contributed by atoms with E-state index in [1.165, 1.54) is 11.1 Å². The Hall–Kier alpha value is -2.89. The van der Waals surface area contributed by atoms with Gasteiger partial charge in [-0.05, 0) is 42.3 Å². The van der Waals surface area contributed by atoms with Crippen molar-refractivity contribution >= 4 is 26.7 Å². The number of nitrogens with zero attached hydrogens (tertiary/aromatic N) is 1. The molecular weight excluding hydrogens is 368 g/mol. The fraction of sp³-hybridized carbons (Fsp3) is 0.174. The number of anilines is 1. The van der Waals surface area contributed by atoms with Gasteiger partial charge >= 0.3 is 0 Å². The van der Waals surface area contributed by atoms with Gasteiger partial charge in [0.15, 0.2) is 11.4 Å². The van der Waals surface area contributed by atoms with Crippen LogP contribution in [0.1, 0.15) is 22.9 Å². The molecule has 0 aliphatic heterocycles. The first-order chi connectivity index (χ1) is 13.7. The lowest BCUT2D eigenvalue weighted by Crippen LogP contribution is -2.15. The average Bonchev–Trinajstić information content (AvgIpc) is 3.14. The number of aryl methyl sites for hydroxylation is 1. The summed E-state index contributed by atoms with van der Waals surface area (Å²) in [6.07, 6.45) is -0.338. The highest BCUT2D eigenvalue weighted by Gasteiger charge is 2.16. The van der Waals surface area contributed by atoms with Crippen molar-refractivity contribution in [3.8, 4) is 5.75 Å². The van der Waals surface area contributed by atoms with Gasteiger partial charge in [-0.15, -0.1) is 0 Å². The standard InChI is InChI=1S/C23H22N2O2S/c1-16-8-3-4-9-18(16)15-27-22(17-10-7-11-19(14-17)26-2)25-23-24-20-12-5-6-13-21(20)28-23/h3-14,22H,15H2,1-2H3,(H,24,25). The second-order valence-corrected chi connectivity index (χ2v) is 7.56. The molecule has 4 aromatic rings. The van der Waals surface area contributed by atoms with E-state index in [-0.39, 0.29) is 6.23 Å². The molecule has 0 aliphatic carbocycles. The van der Waals surface area contributed by atoms with Crippen molar-refractivity contribution < 1.29 is 9.47 Å². The van der Waals surface area contributed by atoms with Crippen molar-refractivity contribution in [2.45, 2.75) is 19.8 Å². The van der Waals surface area contributed by atoms with Crippen LogP contribution in [0.5, 0.6) is 5.75 Å². The molecule has 0 saturated heterocycles. The molecule has 4 nitrogen and oxygen atoms in total. The van der Waals surface area contributed by atoms with Gasteiger partial charge in [0.05, 0.1) is 23.9 Å². The Balaban J connectivity index is 1.61. The molecule has 5 heteroatoms. The Bertz CT molecular complexity index is 1040. The predicted octanol–water partition coefficient (Wildman–Crippen LogP) is 5.94. The number of para-hydroxylation sites is 1. The lowest BCUT2D eigenvalue weighted by molar-refractivity contribution is 0.0583. The molecule has 1 atom stereocenters. The van der Waals surface area contributed by atoms with Crippen LogP contribution in [0.2, 0.25) is 0 Å². The van der Waals surface area contributed by atoms with Crippen LogP contribution in [-0.2, 0) is 11.3 Å². The number of fused-ring (bicyclic) bond motifs is 1. The average molecular weight is 391 g/mol. The number of thiazole rings is 1. The number of rotatable bonds is 7. The van der Waals surface area contributed by atoms with Gasteiger partial charge in [0.2, 0.25) is 0 Å².